The predicted molar refractivity (Wildman–Crippen MR) is 83.8 cm³/mol. The molecule has 7 nitrogen and oxygen atoms in total. The van der Waals surface area contributed by atoms with Crippen molar-refractivity contribution in [3.05, 3.63) is 36.7 Å². The Morgan fingerprint density at radius 1 is 1.35 bits per heavy atom. The van der Waals surface area contributed by atoms with Crippen LogP contribution in [0.1, 0.15) is 18.7 Å². The maximum absolute atomic E-state index is 5.89. The lowest BCUT2D eigenvalue weighted by Crippen LogP contribution is -2.34. The highest BCUT2D eigenvalue weighted by atomic mass is 16.5. The number of rotatable bonds is 4. The average molecular weight is 313 g/mol. The Bertz CT molecular complexity index is 788. The van der Waals surface area contributed by atoms with Gasteiger partial charge in [-0.1, -0.05) is 5.16 Å². The van der Waals surface area contributed by atoms with Crippen molar-refractivity contribution in [1.29, 1.82) is 0 Å². The van der Waals surface area contributed by atoms with Crippen molar-refractivity contribution < 1.29 is 9.26 Å². The molecule has 23 heavy (non-hydrogen) atoms. The van der Waals surface area contributed by atoms with Crippen molar-refractivity contribution in [3.8, 4) is 11.4 Å². The number of pyridine rings is 1. The number of hydrogen-bond acceptors (Lipinski definition) is 6. The number of fused-ring (bicyclic) bond motifs is 1. The molecule has 1 aliphatic rings. The number of hydrogen-bond donors (Lipinski definition) is 0. The van der Waals surface area contributed by atoms with Gasteiger partial charge in [0.2, 0.25) is 5.82 Å². The van der Waals surface area contributed by atoms with Crippen molar-refractivity contribution in [2.45, 2.75) is 25.6 Å². The molecule has 0 atom stereocenters. The van der Waals surface area contributed by atoms with Crippen LogP contribution in [0, 0.1) is 0 Å². The number of likely N-dealkylation sites (tertiary alicyclic amines) is 1. The number of aromatic nitrogens is 4. The number of imidazole rings is 1. The fraction of sp³-hybridized carbons (Fsp3) is 0.438. The van der Waals surface area contributed by atoms with E-state index in [1.54, 1.807) is 12.5 Å². The first-order chi connectivity index (χ1) is 11.3. The zero-order valence-electron chi connectivity index (χ0n) is 13.1. The van der Waals surface area contributed by atoms with E-state index in [-0.39, 0.29) is 6.10 Å². The minimum atomic E-state index is 0.282. The highest BCUT2D eigenvalue weighted by molar-refractivity contribution is 5.62. The molecular formula is C16H19N5O2. The highest BCUT2D eigenvalue weighted by Crippen LogP contribution is 2.19. The van der Waals surface area contributed by atoms with Gasteiger partial charge in [-0.2, -0.15) is 4.98 Å². The smallest absolute Gasteiger partial charge is 0.252 e. The number of ether oxygens (including phenoxy) is 1. The molecule has 0 amide bonds. The highest BCUT2D eigenvalue weighted by Gasteiger charge is 2.18. The van der Waals surface area contributed by atoms with Gasteiger partial charge >= 0.3 is 0 Å². The Kier molecular flexibility index (Phi) is 3.80. The van der Waals surface area contributed by atoms with Crippen molar-refractivity contribution >= 4 is 5.52 Å². The van der Waals surface area contributed by atoms with E-state index in [2.05, 4.69) is 27.1 Å². The van der Waals surface area contributed by atoms with Gasteiger partial charge in [0.05, 0.1) is 24.1 Å². The molecule has 4 heterocycles. The molecule has 0 N–H and O–H groups in total. The van der Waals surface area contributed by atoms with Crippen molar-refractivity contribution in [3.63, 3.8) is 0 Å². The summed E-state index contributed by atoms with van der Waals surface area (Å²) >= 11 is 0. The van der Waals surface area contributed by atoms with Gasteiger partial charge in [-0.3, -0.25) is 0 Å². The molecule has 0 unspecified atom stereocenters. The molecule has 0 aromatic carbocycles. The van der Waals surface area contributed by atoms with E-state index in [0.717, 1.165) is 37.0 Å². The lowest BCUT2D eigenvalue weighted by Gasteiger charge is -2.28. The van der Waals surface area contributed by atoms with E-state index in [9.17, 15) is 0 Å². The van der Waals surface area contributed by atoms with Gasteiger partial charge in [-0.05, 0) is 32.0 Å². The van der Waals surface area contributed by atoms with E-state index >= 15 is 0 Å². The molecule has 120 valence electrons. The predicted octanol–water partition coefficient (Wildman–Crippen LogP) is 2.00. The van der Waals surface area contributed by atoms with Gasteiger partial charge in [0, 0.05) is 24.8 Å². The molecule has 0 bridgehead atoms. The summed E-state index contributed by atoms with van der Waals surface area (Å²) in [6.07, 6.45) is 7.88. The normalized spacial score (nSPS) is 17.1. The zero-order chi connectivity index (χ0) is 15.6. The standard InChI is InChI=1S/C16H19N5O2/c1-20-5-3-14(4-6-20)22-10-15-18-16(19-23-15)12-2-7-21-11-17-9-13(21)8-12/h2,7-9,11,14H,3-6,10H2,1H3. The van der Waals surface area contributed by atoms with Crippen molar-refractivity contribution in [2.24, 2.45) is 0 Å². The summed E-state index contributed by atoms with van der Waals surface area (Å²) in [5, 5.41) is 4.05. The summed E-state index contributed by atoms with van der Waals surface area (Å²) in [6, 6.07) is 3.93. The van der Waals surface area contributed by atoms with E-state index in [1.165, 1.54) is 0 Å². The van der Waals surface area contributed by atoms with Crippen molar-refractivity contribution in [1.82, 2.24) is 24.4 Å². The van der Waals surface area contributed by atoms with E-state index in [4.69, 9.17) is 9.26 Å². The SMILES string of the molecule is CN1CCC(OCc2nc(-c3ccn4cncc4c3)no2)CC1. The van der Waals surface area contributed by atoms with Crippen LogP contribution in [0.5, 0.6) is 0 Å². The summed E-state index contributed by atoms with van der Waals surface area (Å²) in [5.74, 6) is 1.10. The van der Waals surface area contributed by atoms with Crippen LogP contribution < -0.4 is 0 Å². The third-order valence-electron chi connectivity index (χ3n) is 4.25. The second-order valence-electron chi connectivity index (χ2n) is 5.97. The Balaban J connectivity index is 1.42. The van der Waals surface area contributed by atoms with Gasteiger partial charge in [0.15, 0.2) is 0 Å². The minimum absolute atomic E-state index is 0.282. The van der Waals surface area contributed by atoms with Crippen LogP contribution in [0.4, 0.5) is 0 Å². The van der Waals surface area contributed by atoms with Gasteiger partial charge in [0.25, 0.3) is 5.89 Å². The summed E-state index contributed by atoms with van der Waals surface area (Å²) < 4.78 is 13.1. The Hall–Kier alpha value is -2.25. The number of nitrogens with zero attached hydrogens (tertiary/aromatic N) is 5. The molecule has 0 saturated carbocycles. The lowest BCUT2D eigenvalue weighted by atomic mass is 10.1. The summed E-state index contributed by atoms with van der Waals surface area (Å²) in [7, 11) is 2.14. The molecule has 0 aliphatic carbocycles. The first kappa shape index (κ1) is 14.3. The molecule has 1 saturated heterocycles. The van der Waals surface area contributed by atoms with E-state index in [1.807, 2.05) is 22.7 Å². The van der Waals surface area contributed by atoms with Crippen LogP contribution in [0.25, 0.3) is 16.9 Å². The molecule has 0 spiro atoms. The third-order valence-corrected chi connectivity index (χ3v) is 4.25. The van der Waals surface area contributed by atoms with Gasteiger partial charge in [0.1, 0.15) is 6.61 Å². The first-order valence-corrected chi connectivity index (χ1v) is 7.83. The van der Waals surface area contributed by atoms with Crippen molar-refractivity contribution in [2.75, 3.05) is 20.1 Å². The molecule has 4 rings (SSSR count). The lowest BCUT2D eigenvalue weighted by molar-refractivity contribution is -0.00830. The van der Waals surface area contributed by atoms with E-state index < -0.39 is 0 Å². The van der Waals surface area contributed by atoms with Crippen LogP contribution in [0.15, 0.2) is 35.4 Å². The van der Waals surface area contributed by atoms with Crippen LogP contribution in [-0.4, -0.2) is 50.7 Å². The van der Waals surface area contributed by atoms with Crippen LogP contribution >= 0.6 is 0 Å². The van der Waals surface area contributed by atoms with Gasteiger partial charge < -0.3 is 18.6 Å². The topological polar surface area (TPSA) is 68.7 Å². The third kappa shape index (κ3) is 3.11. The van der Waals surface area contributed by atoms with Crippen LogP contribution in [0.3, 0.4) is 0 Å². The maximum Gasteiger partial charge on any atom is 0.252 e. The molecular weight excluding hydrogens is 294 g/mol. The van der Waals surface area contributed by atoms with Gasteiger partial charge in [-0.15, -0.1) is 0 Å². The fourth-order valence-electron chi connectivity index (χ4n) is 2.83. The largest absolute Gasteiger partial charge is 0.368 e. The molecule has 1 fully saturated rings. The van der Waals surface area contributed by atoms with Gasteiger partial charge in [-0.25, -0.2) is 4.98 Å². The molecule has 3 aromatic rings. The fourth-order valence-corrected chi connectivity index (χ4v) is 2.83. The quantitative estimate of drug-likeness (QED) is 0.734. The molecule has 7 heteroatoms. The maximum atomic E-state index is 5.89. The minimum Gasteiger partial charge on any atom is -0.368 e. The van der Waals surface area contributed by atoms with Crippen LogP contribution in [-0.2, 0) is 11.3 Å². The summed E-state index contributed by atoms with van der Waals surface area (Å²) in [4.78, 5) is 10.8. The Morgan fingerprint density at radius 3 is 3.09 bits per heavy atom. The van der Waals surface area contributed by atoms with E-state index in [0.29, 0.717) is 18.3 Å². The molecule has 0 radical (unpaired) electrons. The molecule has 3 aromatic heterocycles. The first-order valence-electron chi connectivity index (χ1n) is 7.83. The van der Waals surface area contributed by atoms with Crippen LogP contribution in [0.2, 0.25) is 0 Å². The summed E-state index contributed by atoms with van der Waals surface area (Å²) in [6.45, 7) is 2.52. The summed E-state index contributed by atoms with van der Waals surface area (Å²) in [5.41, 5.74) is 1.91. The monoisotopic (exact) mass is 313 g/mol. The Morgan fingerprint density at radius 2 is 2.22 bits per heavy atom. The molecule has 1 aliphatic heterocycles. The second-order valence-corrected chi connectivity index (χ2v) is 5.97. The zero-order valence-corrected chi connectivity index (χ0v) is 13.1. The number of piperidine rings is 1. The average Bonchev–Trinajstić information content (AvgIpc) is 3.22. The Labute approximate surface area is 133 Å². The second kappa shape index (κ2) is 6.10.